The van der Waals surface area contributed by atoms with Gasteiger partial charge in [-0.3, -0.25) is 34.3 Å². The lowest BCUT2D eigenvalue weighted by molar-refractivity contribution is -0.137. The summed E-state index contributed by atoms with van der Waals surface area (Å²) in [5.41, 5.74) is 2.70. The molecule has 2 aromatic carbocycles. The van der Waals surface area contributed by atoms with E-state index in [0.29, 0.717) is 12.2 Å². The highest BCUT2D eigenvalue weighted by atomic mass is 19.1. The molecule has 11 heteroatoms. The molecule has 1 aromatic heterocycles. The summed E-state index contributed by atoms with van der Waals surface area (Å²) < 4.78 is 19.2. The smallest absolute Gasteiger partial charge is 0.230 e. The Bertz CT molecular complexity index is 1550. The first-order chi connectivity index (χ1) is 20.7. The molecule has 3 atom stereocenters. The van der Waals surface area contributed by atoms with Crippen LogP contribution in [0.2, 0.25) is 0 Å². The predicted octanol–water partition coefficient (Wildman–Crippen LogP) is 3.34. The molecule has 1 fully saturated rings. The van der Waals surface area contributed by atoms with Crippen molar-refractivity contribution < 1.29 is 33.1 Å². The van der Waals surface area contributed by atoms with E-state index in [-0.39, 0.29) is 55.3 Å². The van der Waals surface area contributed by atoms with Crippen LogP contribution >= 0.6 is 0 Å². The quantitative estimate of drug-likeness (QED) is 0.199. The van der Waals surface area contributed by atoms with Crippen LogP contribution in [0.4, 0.5) is 10.1 Å². The molecule has 2 heterocycles. The van der Waals surface area contributed by atoms with Gasteiger partial charge in [-0.25, -0.2) is 4.39 Å². The van der Waals surface area contributed by atoms with E-state index in [4.69, 9.17) is 4.74 Å². The lowest BCUT2D eigenvalue weighted by atomic mass is 9.82. The molecule has 0 spiro atoms. The van der Waals surface area contributed by atoms with Crippen LogP contribution in [-0.2, 0) is 19.1 Å². The molecule has 2 N–H and O–H groups in total. The second-order valence-electron chi connectivity index (χ2n) is 10.6. The number of carbonyl (C=O) groups is 5. The number of hydrogen-bond acceptors (Lipinski definition) is 8. The Morgan fingerprint density at radius 3 is 2.53 bits per heavy atom. The summed E-state index contributed by atoms with van der Waals surface area (Å²) >= 11 is 0. The van der Waals surface area contributed by atoms with E-state index in [1.807, 2.05) is 6.07 Å². The third kappa shape index (κ3) is 6.51. The topological polar surface area (TPSA) is 135 Å². The number of pyridine rings is 1. The maximum Gasteiger partial charge on any atom is 0.230 e. The molecule has 1 aliphatic heterocycles. The summed E-state index contributed by atoms with van der Waals surface area (Å²) in [5.74, 6) is -4.28. The van der Waals surface area contributed by atoms with Gasteiger partial charge >= 0.3 is 0 Å². The monoisotopic (exact) mass is 586 g/mol. The average Bonchev–Trinajstić information content (AvgIpc) is 3.25. The van der Waals surface area contributed by atoms with Crippen LogP contribution in [-0.4, -0.2) is 66.0 Å². The second-order valence-corrected chi connectivity index (χ2v) is 10.6. The highest BCUT2D eigenvalue weighted by molar-refractivity contribution is 6.28. The fourth-order valence-corrected chi connectivity index (χ4v) is 5.59. The highest BCUT2D eigenvalue weighted by Crippen LogP contribution is 2.36. The molecule has 0 saturated carbocycles. The van der Waals surface area contributed by atoms with E-state index in [0.717, 1.165) is 11.1 Å². The van der Waals surface area contributed by atoms with Gasteiger partial charge in [0.1, 0.15) is 5.82 Å². The van der Waals surface area contributed by atoms with Gasteiger partial charge < -0.3 is 15.0 Å². The van der Waals surface area contributed by atoms with Gasteiger partial charge in [-0.1, -0.05) is 18.2 Å². The number of benzene rings is 2. The van der Waals surface area contributed by atoms with Gasteiger partial charge in [-0.2, -0.15) is 0 Å². The highest BCUT2D eigenvalue weighted by Gasteiger charge is 2.47. The van der Waals surface area contributed by atoms with Crippen LogP contribution in [0.1, 0.15) is 57.1 Å². The summed E-state index contributed by atoms with van der Waals surface area (Å²) in [5, 5.41) is 5.37. The van der Waals surface area contributed by atoms with Crippen molar-refractivity contribution in [2.24, 2.45) is 11.8 Å². The number of rotatable bonds is 11. The number of amides is 3. The maximum absolute atomic E-state index is 13.5. The minimum Gasteiger partial charge on any atom is -0.383 e. The number of anilines is 1. The molecule has 222 valence electrons. The molecule has 5 rings (SSSR count). The first-order valence-electron chi connectivity index (χ1n) is 14.0. The van der Waals surface area contributed by atoms with Crippen LogP contribution in [0, 0.1) is 17.7 Å². The third-order valence-corrected chi connectivity index (χ3v) is 7.80. The van der Waals surface area contributed by atoms with Gasteiger partial charge in [0, 0.05) is 49.2 Å². The first kappa shape index (κ1) is 29.7. The molecule has 3 aromatic rings. The van der Waals surface area contributed by atoms with Gasteiger partial charge in [-0.15, -0.1) is 0 Å². The Kier molecular flexibility index (Phi) is 9.01. The first-order valence-corrected chi connectivity index (χ1v) is 14.0. The normalized spacial score (nSPS) is 18.7. The number of Topliss-reactive ketones (excluding diaryl/α,β-unsaturated/α-hetero) is 2. The molecule has 10 nitrogen and oxygen atoms in total. The van der Waals surface area contributed by atoms with Crippen molar-refractivity contribution >= 4 is 35.0 Å². The summed E-state index contributed by atoms with van der Waals surface area (Å²) in [7, 11) is 1.69. The summed E-state index contributed by atoms with van der Waals surface area (Å²) in [6, 6.07) is 14.1. The molecule has 0 radical (unpaired) electrons. The van der Waals surface area contributed by atoms with E-state index < -0.39 is 41.3 Å². The fourth-order valence-electron chi connectivity index (χ4n) is 5.59. The number of fused-ring (bicyclic) bond motifs is 1. The van der Waals surface area contributed by atoms with Crippen LogP contribution in [0.15, 0.2) is 67.0 Å². The van der Waals surface area contributed by atoms with Crippen molar-refractivity contribution in [3.63, 3.8) is 0 Å². The number of nitrogens with one attached hydrogen (secondary N) is 2. The zero-order valence-corrected chi connectivity index (χ0v) is 23.5. The van der Waals surface area contributed by atoms with Crippen LogP contribution < -0.4 is 10.6 Å². The number of carbonyl (C=O) groups excluding carboxylic acids is 5. The number of aromatic nitrogens is 1. The average molecular weight is 587 g/mol. The lowest BCUT2D eigenvalue weighted by Crippen LogP contribution is -2.46. The van der Waals surface area contributed by atoms with Gasteiger partial charge in [-0.05, 0) is 53.9 Å². The number of halogens is 1. The van der Waals surface area contributed by atoms with Gasteiger partial charge in [0.25, 0.3) is 0 Å². The van der Waals surface area contributed by atoms with Crippen molar-refractivity contribution in [1.82, 2.24) is 15.2 Å². The fraction of sp³-hybridized carbons (Fsp3) is 0.312. The number of ketones is 2. The van der Waals surface area contributed by atoms with E-state index in [1.54, 1.807) is 60.7 Å². The van der Waals surface area contributed by atoms with Crippen LogP contribution in [0.5, 0.6) is 0 Å². The lowest BCUT2D eigenvalue weighted by Gasteiger charge is -2.29. The van der Waals surface area contributed by atoms with Crippen LogP contribution in [0.3, 0.4) is 0 Å². The van der Waals surface area contributed by atoms with E-state index in [9.17, 15) is 28.4 Å². The molecular formula is C32H31FN4O6. The molecule has 0 bridgehead atoms. The minimum atomic E-state index is -1.11. The third-order valence-electron chi connectivity index (χ3n) is 7.80. The summed E-state index contributed by atoms with van der Waals surface area (Å²) in [6.07, 6.45) is 3.71. The van der Waals surface area contributed by atoms with Crippen molar-refractivity contribution in [1.29, 1.82) is 0 Å². The Morgan fingerprint density at radius 1 is 1.05 bits per heavy atom. The Balaban J connectivity index is 1.11. The SMILES string of the molecule is CN(C(=O)CCOCCNc1ccc2c(c1)C(=O)C(C1CCC(=O)NC1=O)C2=O)C(c1ccc(F)cc1)c1cccnc1. The van der Waals surface area contributed by atoms with E-state index in [2.05, 4.69) is 15.6 Å². The predicted molar refractivity (Wildman–Crippen MR) is 154 cm³/mol. The van der Waals surface area contributed by atoms with E-state index >= 15 is 0 Å². The zero-order valence-electron chi connectivity index (χ0n) is 23.5. The molecule has 3 unspecified atom stereocenters. The summed E-state index contributed by atoms with van der Waals surface area (Å²) in [4.78, 5) is 68.5. The zero-order chi connectivity index (χ0) is 30.5. The number of ether oxygens (including phenoxy) is 1. The van der Waals surface area contributed by atoms with Crippen LogP contribution in [0.25, 0.3) is 0 Å². The minimum absolute atomic E-state index is 0.0951. The van der Waals surface area contributed by atoms with Crippen molar-refractivity contribution in [3.05, 3.63) is 95.1 Å². The Hall–Kier alpha value is -4.77. The number of hydrogen-bond donors (Lipinski definition) is 2. The molecule has 1 aliphatic carbocycles. The number of imide groups is 1. The largest absolute Gasteiger partial charge is 0.383 e. The standard InChI is InChI=1S/C32H31FN4O6/c1-37(29(20-3-2-13-34-18-20)19-4-6-21(33)7-5-19)27(39)12-15-43-16-14-35-22-8-9-23-25(17-22)31(41)28(30(23)40)24-10-11-26(38)36-32(24)42/h2-9,13,17-18,24,28-29,35H,10-12,14-16H2,1H3,(H,36,38,42). The number of piperidine rings is 1. The van der Waals surface area contributed by atoms with Gasteiger partial charge in [0.2, 0.25) is 17.7 Å². The number of nitrogens with zero attached hydrogens (tertiary/aromatic N) is 2. The maximum atomic E-state index is 13.5. The Morgan fingerprint density at radius 2 is 1.81 bits per heavy atom. The molecular weight excluding hydrogens is 555 g/mol. The molecule has 1 saturated heterocycles. The molecule has 3 amide bonds. The van der Waals surface area contributed by atoms with Crippen molar-refractivity contribution in [3.8, 4) is 0 Å². The van der Waals surface area contributed by atoms with Gasteiger partial charge in [0.05, 0.1) is 37.5 Å². The van der Waals surface area contributed by atoms with Gasteiger partial charge in [0.15, 0.2) is 11.6 Å². The van der Waals surface area contributed by atoms with Crippen molar-refractivity contribution in [2.75, 3.05) is 32.1 Å². The Labute approximate surface area is 247 Å². The molecule has 43 heavy (non-hydrogen) atoms. The van der Waals surface area contributed by atoms with E-state index in [1.165, 1.54) is 12.1 Å². The molecule has 2 aliphatic rings. The van der Waals surface area contributed by atoms with Crippen molar-refractivity contribution in [2.45, 2.75) is 25.3 Å². The second kappa shape index (κ2) is 13.0. The summed E-state index contributed by atoms with van der Waals surface area (Å²) in [6.45, 7) is 0.845.